The molecule has 0 unspecified atom stereocenters. The van der Waals surface area contributed by atoms with Crippen molar-refractivity contribution in [2.24, 2.45) is 0 Å². The molecule has 2 N–H and O–H groups in total. The minimum atomic E-state index is -1.23. The molecule has 4 rings (SSSR count). The van der Waals surface area contributed by atoms with Gasteiger partial charge in [0.05, 0.1) is 6.54 Å². The molecule has 0 radical (unpaired) electrons. The first-order valence-corrected chi connectivity index (χ1v) is 11.4. The molecule has 7 nitrogen and oxygen atoms in total. The molecule has 1 heterocycles. The zero-order valence-corrected chi connectivity index (χ0v) is 19.9. The molecule has 1 fully saturated rings. The topological polar surface area (TPSA) is 93.5 Å². The first-order chi connectivity index (χ1) is 16.2. The summed E-state index contributed by atoms with van der Waals surface area (Å²) < 4.78 is 34.0. The van der Waals surface area contributed by atoms with E-state index in [1.54, 1.807) is 6.92 Å². The summed E-state index contributed by atoms with van der Waals surface area (Å²) in [6.45, 7) is 1.93. The highest BCUT2D eigenvalue weighted by Gasteiger charge is 2.47. The van der Waals surface area contributed by atoms with Crippen molar-refractivity contribution in [3.8, 4) is 5.88 Å². The van der Waals surface area contributed by atoms with Crippen molar-refractivity contribution >= 4 is 21.8 Å². The SMILES string of the molecule is Cc1nc(OCc2ccc(F)cc2F)c(Br)c(=O)n1Cc1cccc(CNC(=O)C2(O)CC2)c1. The van der Waals surface area contributed by atoms with Crippen LogP contribution in [0.25, 0.3) is 0 Å². The Labute approximate surface area is 202 Å². The minimum Gasteiger partial charge on any atom is -0.472 e. The summed E-state index contributed by atoms with van der Waals surface area (Å²) in [5, 5.41) is 12.6. The number of hydrogen-bond acceptors (Lipinski definition) is 5. The second kappa shape index (κ2) is 9.63. The van der Waals surface area contributed by atoms with E-state index in [0.717, 1.165) is 23.3 Å². The van der Waals surface area contributed by atoms with Crippen molar-refractivity contribution in [3.63, 3.8) is 0 Å². The number of nitrogens with one attached hydrogen (secondary N) is 1. The Morgan fingerprint density at radius 2 is 1.97 bits per heavy atom. The maximum absolute atomic E-state index is 13.9. The molecule has 178 valence electrons. The van der Waals surface area contributed by atoms with E-state index in [9.17, 15) is 23.5 Å². The fraction of sp³-hybridized carbons (Fsp3) is 0.292. The Morgan fingerprint density at radius 3 is 2.68 bits per heavy atom. The summed E-state index contributed by atoms with van der Waals surface area (Å²) in [5.41, 5.74) is 0.171. The number of nitrogens with zero attached hydrogens (tertiary/aromatic N) is 2. The predicted molar refractivity (Wildman–Crippen MR) is 123 cm³/mol. The number of aliphatic hydroxyl groups is 1. The fourth-order valence-electron chi connectivity index (χ4n) is 3.39. The molecule has 2 aromatic carbocycles. The number of amides is 1. The summed E-state index contributed by atoms with van der Waals surface area (Å²) in [7, 11) is 0. The molecular formula is C24H22BrF2N3O4. The minimum absolute atomic E-state index is 0.0111. The molecule has 0 atom stereocenters. The second-order valence-electron chi connectivity index (χ2n) is 8.23. The number of carbonyl (C=O) groups is 1. The molecule has 1 amide bonds. The molecule has 0 saturated heterocycles. The number of rotatable bonds is 8. The van der Waals surface area contributed by atoms with Crippen LogP contribution in [0.1, 0.15) is 35.4 Å². The van der Waals surface area contributed by atoms with Crippen molar-refractivity contribution in [1.82, 2.24) is 14.9 Å². The van der Waals surface area contributed by atoms with Crippen LogP contribution < -0.4 is 15.6 Å². The lowest BCUT2D eigenvalue weighted by molar-refractivity contribution is -0.131. The first kappa shape index (κ1) is 24.0. The maximum atomic E-state index is 13.9. The molecule has 1 aliphatic carbocycles. The molecule has 1 saturated carbocycles. The highest BCUT2D eigenvalue weighted by Crippen LogP contribution is 2.35. The van der Waals surface area contributed by atoms with Gasteiger partial charge in [-0.25, -0.2) is 8.78 Å². The number of benzene rings is 2. The standard InChI is InChI=1S/C24H22BrF2N3O4/c1-14-29-21(34-13-17-5-6-18(26)10-19(17)27)20(25)22(31)30(14)12-16-4-2-3-15(9-16)11-28-23(32)24(33)7-8-24/h2-6,9-10,33H,7-8,11-13H2,1H3,(H,28,32). The molecule has 34 heavy (non-hydrogen) atoms. The van der Waals surface area contributed by atoms with Gasteiger partial charge in [0.1, 0.15) is 34.1 Å². The van der Waals surface area contributed by atoms with Gasteiger partial charge in [0.2, 0.25) is 5.88 Å². The zero-order valence-electron chi connectivity index (χ0n) is 18.3. The van der Waals surface area contributed by atoms with Crippen LogP contribution in [0.4, 0.5) is 8.78 Å². The highest BCUT2D eigenvalue weighted by atomic mass is 79.9. The average Bonchev–Trinajstić information content (AvgIpc) is 3.56. The van der Waals surface area contributed by atoms with E-state index in [1.807, 2.05) is 24.3 Å². The summed E-state index contributed by atoms with van der Waals surface area (Å²) in [6.07, 6.45) is 0.947. The first-order valence-electron chi connectivity index (χ1n) is 10.6. The lowest BCUT2D eigenvalue weighted by Gasteiger charge is -2.14. The Hall–Kier alpha value is -3.11. The van der Waals surface area contributed by atoms with Crippen molar-refractivity contribution in [2.45, 2.75) is 45.1 Å². The number of hydrogen-bond donors (Lipinski definition) is 2. The molecular weight excluding hydrogens is 512 g/mol. The van der Waals surface area contributed by atoms with Crippen LogP contribution in [0.5, 0.6) is 5.88 Å². The lowest BCUT2D eigenvalue weighted by Crippen LogP contribution is -2.35. The van der Waals surface area contributed by atoms with Crippen LogP contribution >= 0.6 is 15.9 Å². The zero-order chi connectivity index (χ0) is 24.5. The van der Waals surface area contributed by atoms with E-state index < -0.39 is 17.2 Å². The fourth-order valence-corrected chi connectivity index (χ4v) is 3.81. The predicted octanol–water partition coefficient (Wildman–Crippen LogP) is 3.36. The van der Waals surface area contributed by atoms with E-state index in [1.165, 1.54) is 10.6 Å². The van der Waals surface area contributed by atoms with Crippen molar-refractivity contribution in [1.29, 1.82) is 0 Å². The van der Waals surface area contributed by atoms with Gasteiger partial charge in [0.15, 0.2) is 0 Å². The molecule has 0 aliphatic heterocycles. The molecule has 3 aromatic rings. The van der Waals surface area contributed by atoms with Gasteiger partial charge >= 0.3 is 0 Å². The molecule has 1 aliphatic rings. The van der Waals surface area contributed by atoms with E-state index in [-0.39, 0.29) is 47.1 Å². The van der Waals surface area contributed by atoms with Crippen LogP contribution in [0.3, 0.4) is 0 Å². The maximum Gasteiger partial charge on any atom is 0.272 e. The van der Waals surface area contributed by atoms with Crippen molar-refractivity contribution < 1.29 is 23.4 Å². The van der Waals surface area contributed by atoms with Crippen molar-refractivity contribution in [3.05, 3.63) is 91.4 Å². The lowest BCUT2D eigenvalue weighted by atomic mass is 10.1. The van der Waals surface area contributed by atoms with Gasteiger partial charge in [-0.15, -0.1) is 0 Å². The molecule has 10 heteroatoms. The quantitative estimate of drug-likeness (QED) is 0.463. The molecule has 0 bridgehead atoms. The van der Waals surface area contributed by atoms with Gasteiger partial charge in [-0.05, 0) is 59.0 Å². The average molecular weight is 534 g/mol. The van der Waals surface area contributed by atoms with E-state index in [0.29, 0.717) is 18.7 Å². The van der Waals surface area contributed by atoms with E-state index >= 15 is 0 Å². The van der Waals surface area contributed by atoms with Crippen LogP contribution in [-0.2, 0) is 24.5 Å². The number of aryl methyl sites for hydroxylation is 1. The Bertz CT molecular complexity index is 1310. The normalized spacial score (nSPS) is 14.0. The van der Waals surface area contributed by atoms with Gasteiger partial charge in [-0.1, -0.05) is 24.3 Å². The van der Waals surface area contributed by atoms with Crippen LogP contribution in [0.15, 0.2) is 51.7 Å². The highest BCUT2D eigenvalue weighted by molar-refractivity contribution is 9.10. The smallest absolute Gasteiger partial charge is 0.272 e. The second-order valence-corrected chi connectivity index (χ2v) is 9.02. The van der Waals surface area contributed by atoms with Gasteiger partial charge in [0, 0.05) is 18.2 Å². The van der Waals surface area contributed by atoms with Crippen LogP contribution in [0, 0.1) is 18.6 Å². The van der Waals surface area contributed by atoms with Gasteiger partial charge in [-0.2, -0.15) is 4.98 Å². The third-order valence-corrected chi connectivity index (χ3v) is 6.26. The number of aromatic nitrogens is 2. The third-order valence-electron chi connectivity index (χ3n) is 5.59. The molecule has 0 spiro atoms. The number of ether oxygens (including phenoxy) is 1. The van der Waals surface area contributed by atoms with Gasteiger partial charge < -0.3 is 15.2 Å². The Kier molecular flexibility index (Phi) is 6.81. The number of halogens is 3. The third kappa shape index (κ3) is 5.34. The van der Waals surface area contributed by atoms with Crippen LogP contribution in [0.2, 0.25) is 0 Å². The van der Waals surface area contributed by atoms with Crippen molar-refractivity contribution in [2.75, 3.05) is 0 Å². The summed E-state index contributed by atoms with van der Waals surface area (Å²) in [4.78, 5) is 29.2. The summed E-state index contributed by atoms with van der Waals surface area (Å²) in [6, 6.07) is 10.5. The van der Waals surface area contributed by atoms with E-state index in [2.05, 4.69) is 26.2 Å². The van der Waals surface area contributed by atoms with E-state index in [4.69, 9.17) is 4.74 Å². The largest absolute Gasteiger partial charge is 0.472 e. The molecule has 1 aromatic heterocycles. The van der Waals surface area contributed by atoms with Gasteiger partial charge in [-0.3, -0.25) is 14.2 Å². The number of carbonyl (C=O) groups excluding carboxylic acids is 1. The summed E-state index contributed by atoms with van der Waals surface area (Å²) >= 11 is 3.22. The van der Waals surface area contributed by atoms with Gasteiger partial charge in [0.25, 0.3) is 11.5 Å². The Morgan fingerprint density at radius 1 is 1.24 bits per heavy atom. The Balaban J connectivity index is 1.47. The van der Waals surface area contributed by atoms with Crippen LogP contribution in [-0.4, -0.2) is 26.2 Å². The monoisotopic (exact) mass is 533 g/mol. The summed E-state index contributed by atoms with van der Waals surface area (Å²) in [5.74, 6) is -1.42.